The molecule has 0 aliphatic rings. The van der Waals surface area contributed by atoms with Gasteiger partial charge in [0.1, 0.15) is 17.6 Å². The molecule has 5 nitrogen and oxygen atoms in total. The lowest BCUT2D eigenvalue weighted by molar-refractivity contribution is -0.139. The fraction of sp³-hybridized carbons (Fsp3) is 0.467. The molecule has 110 valence electrons. The molecule has 5 heteroatoms. The number of hydrogen-bond acceptors (Lipinski definition) is 4. The van der Waals surface area contributed by atoms with E-state index >= 15 is 0 Å². The van der Waals surface area contributed by atoms with E-state index in [1.807, 2.05) is 0 Å². The van der Waals surface area contributed by atoms with E-state index in [4.69, 9.17) is 5.11 Å². The molecule has 0 aliphatic carbocycles. The molecule has 0 saturated heterocycles. The third-order valence-corrected chi connectivity index (χ3v) is 3.02. The third kappa shape index (κ3) is 6.33. The molecular formula is C15H21NO4. The number of aromatic hydroxyl groups is 1. The van der Waals surface area contributed by atoms with E-state index in [0.29, 0.717) is 19.4 Å². The predicted octanol–water partition coefficient (Wildman–Crippen LogP) is 1.74. The fourth-order valence-corrected chi connectivity index (χ4v) is 1.89. The molecular weight excluding hydrogens is 258 g/mol. The molecule has 0 heterocycles. The van der Waals surface area contributed by atoms with Crippen LogP contribution in [-0.2, 0) is 16.0 Å². The molecule has 0 unspecified atom stereocenters. The van der Waals surface area contributed by atoms with Gasteiger partial charge in [0.2, 0.25) is 0 Å². The van der Waals surface area contributed by atoms with E-state index in [0.717, 1.165) is 18.4 Å². The quantitative estimate of drug-likeness (QED) is 0.599. The molecule has 20 heavy (non-hydrogen) atoms. The zero-order valence-electron chi connectivity index (χ0n) is 11.6. The molecule has 1 atom stereocenters. The summed E-state index contributed by atoms with van der Waals surface area (Å²) in [7, 11) is 0. The van der Waals surface area contributed by atoms with Crippen molar-refractivity contribution in [1.29, 1.82) is 0 Å². The highest BCUT2D eigenvalue weighted by Gasteiger charge is 2.16. The number of carboxylic acids is 1. The lowest BCUT2D eigenvalue weighted by Gasteiger charge is -2.14. The van der Waals surface area contributed by atoms with Crippen molar-refractivity contribution in [3.05, 3.63) is 29.8 Å². The van der Waals surface area contributed by atoms with Crippen molar-refractivity contribution in [2.45, 2.75) is 38.6 Å². The molecule has 0 aromatic heterocycles. The second-order valence-electron chi connectivity index (χ2n) is 4.87. The van der Waals surface area contributed by atoms with Gasteiger partial charge in [-0.25, -0.2) is 0 Å². The van der Waals surface area contributed by atoms with Crippen LogP contribution in [0, 0.1) is 0 Å². The Morgan fingerprint density at radius 1 is 1.20 bits per heavy atom. The Balaban J connectivity index is 2.39. The van der Waals surface area contributed by atoms with Crippen molar-refractivity contribution in [3.63, 3.8) is 0 Å². The number of carboxylic acid groups (broad SMARTS) is 1. The van der Waals surface area contributed by atoms with Crippen LogP contribution in [0.1, 0.15) is 31.7 Å². The molecule has 1 aromatic carbocycles. The van der Waals surface area contributed by atoms with Gasteiger partial charge >= 0.3 is 5.97 Å². The monoisotopic (exact) mass is 279 g/mol. The minimum atomic E-state index is -0.898. The van der Waals surface area contributed by atoms with Gasteiger partial charge in [-0.1, -0.05) is 12.1 Å². The van der Waals surface area contributed by atoms with Gasteiger partial charge in [-0.3, -0.25) is 4.79 Å². The first-order chi connectivity index (χ1) is 9.49. The highest BCUT2D eigenvalue weighted by molar-refractivity contribution is 5.75. The van der Waals surface area contributed by atoms with Crippen LogP contribution < -0.4 is 5.32 Å². The normalized spacial score (nSPS) is 12.1. The molecule has 0 fully saturated rings. The lowest BCUT2D eigenvalue weighted by atomic mass is 10.1. The largest absolute Gasteiger partial charge is 0.508 e. The number of carbonyl (C=O) groups is 2. The fourth-order valence-electron chi connectivity index (χ4n) is 1.89. The summed E-state index contributed by atoms with van der Waals surface area (Å²) in [6.45, 7) is 2.13. The van der Waals surface area contributed by atoms with Crippen LogP contribution in [0.25, 0.3) is 0 Å². The number of rotatable bonds is 9. The number of ketones is 1. The molecule has 0 amide bonds. The van der Waals surface area contributed by atoms with Gasteiger partial charge in [-0.15, -0.1) is 0 Å². The van der Waals surface area contributed by atoms with Gasteiger partial charge in [-0.2, -0.15) is 0 Å². The number of phenols is 1. The molecule has 1 aromatic rings. The maximum absolute atomic E-state index is 11.2. The van der Waals surface area contributed by atoms with Crippen molar-refractivity contribution in [3.8, 4) is 5.75 Å². The Hall–Kier alpha value is -1.88. The van der Waals surface area contributed by atoms with E-state index in [2.05, 4.69) is 5.32 Å². The number of hydrogen-bond donors (Lipinski definition) is 3. The average molecular weight is 279 g/mol. The molecule has 0 saturated carbocycles. The predicted molar refractivity (Wildman–Crippen MR) is 75.8 cm³/mol. The second-order valence-corrected chi connectivity index (χ2v) is 4.87. The highest BCUT2D eigenvalue weighted by atomic mass is 16.4. The number of unbranched alkanes of at least 4 members (excludes halogenated alkanes) is 1. The summed E-state index contributed by atoms with van der Waals surface area (Å²) in [5.41, 5.74) is 0.853. The summed E-state index contributed by atoms with van der Waals surface area (Å²) in [6.07, 6.45) is 2.45. The van der Waals surface area contributed by atoms with Crippen molar-refractivity contribution in [2.24, 2.45) is 0 Å². The number of Topliss-reactive ketones (excluding diaryl/α,β-unsaturated/α-hetero) is 1. The van der Waals surface area contributed by atoms with Crippen molar-refractivity contribution < 1.29 is 19.8 Å². The van der Waals surface area contributed by atoms with Crippen molar-refractivity contribution in [2.75, 3.05) is 6.54 Å². The number of benzene rings is 1. The molecule has 0 spiro atoms. The van der Waals surface area contributed by atoms with E-state index in [9.17, 15) is 14.7 Å². The van der Waals surface area contributed by atoms with Gasteiger partial charge in [0.05, 0.1) is 0 Å². The summed E-state index contributed by atoms with van der Waals surface area (Å²) in [4.78, 5) is 22.0. The minimum Gasteiger partial charge on any atom is -0.508 e. The molecule has 0 aliphatic heterocycles. The van der Waals surface area contributed by atoms with Crippen LogP contribution in [0.5, 0.6) is 5.75 Å². The number of aliphatic carboxylic acids is 1. The number of phenolic OH excluding ortho intramolecular Hbond substituents is 1. The minimum absolute atomic E-state index is 0.156. The molecule has 0 bridgehead atoms. The SMILES string of the molecule is CC(=O)CCCCN[C@@H](Cc1ccc(O)cc1)C(=O)O. The van der Waals surface area contributed by atoms with Crippen molar-refractivity contribution >= 4 is 11.8 Å². The first kappa shape index (κ1) is 16.2. The Morgan fingerprint density at radius 3 is 2.40 bits per heavy atom. The van der Waals surface area contributed by atoms with Crippen LogP contribution >= 0.6 is 0 Å². The van der Waals surface area contributed by atoms with Gasteiger partial charge < -0.3 is 20.3 Å². The number of nitrogens with one attached hydrogen (secondary N) is 1. The van der Waals surface area contributed by atoms with Crippen LogP contribution in [0.3, 0.4) is 0 Å². The van der Waals surface area contributed by atoms with Gasteiger partial charge in [0.25, 0.3) is 0 Å². The van der Waals surface area contributed by atoms with Crippen LogP contribution in [-0.4, -0.2) is 34.6 Å². The van der Waals surface area contributed by atoms with Crippen molar-refractivity contribution in [1.82, 2.24) is 5.32 Å². The lowest BCUT2D eigenvalue weighted by Crippen LogP contribution is -2.39. The number of carbonyl (C=O) groups excluding carboxylic acids is 1. The Labute approximate surface area is 118 Å². The van der Waals surface area contributed by atoms with Gasteiger partial charge in [-0.05, 0) is 50.4 Å². The Kier molecular flexibility index (Phi) is 6.73. The standard InChI is InChI=1S/C15H21NO4/c1-11(17)4-2-3-9-16-14(15(19)20)10-12-5-7-13(18)8-6-12/h5-8,14,16,18H,2-4,9-10H2,1H3,(H,19,20)/t14-/m0/s1. The molecule has 0 radical (unpaired) electrons. The topological polar surface area (TPSA) is 86.6 Å². The summed E-state index contributed by atoms with van der Waals surface area (Å²) >= 11 is 0. The summed E-state index contributed by atoms with van der Waals surface area (Å²) < 4.78 is 0. The van der Waals surface area contributed by atoms with E-state index in [-0.39, 0.29) is 11.5 Å². The van der Waals surface area contributed by atoms with Gasteiger partial charge in [0, 0.05) is 6.42 Å². The summed E-state index contributed by atoms with van der Waals surface area (Å²) in [6, 6.07) is 5.85. The van der Waals surface area contributed by atoms with E-state index in [1.165, 1.54) is 0 Å². The first-order valence-corrected chi connectivity index (χ1v) is 6.72. The Morgan fingerprint density at radius 2 is 1.85 bits per heavy atom. The maximum Gasteiger partial charge on any atom is 0.321 e. The molecule has 3 N–H and O–H groups in total. The van der Waals surface area contributed by atoms with Crippen LogP contribution in [0.4, 0.5) is 0 Å². The maximum atomic E-state index is 11.2. The second kappa shape index (κ2) is 8.32. The third-order valence-electron chi connectivity index (χ3n) is 3.02. The molecule has 1 rings (SSSR count). The summed E-state index contributed by atoms with van der Waals surface area (Å²) in [5, 5.41) is 21.3. The van der Waals surface area contributed by atoms with Crippen LogP contribution in [0.2, 0.25) is 0 Å². The zero-order valence-corrected chi connectivity index (χ0v) is 11.6. The van der Waals surface area contributed by atoms with Crippen LogP contribution in [0.15, 0.2) is 24.3 Å². The summed E-state index contributed by atoms with van der Waals surface area (Å²) in [5.74, 6) is -0.577. The van der Waals surface area contributed by atoms with E-state index in [1.54, 1.807) is 31.2 Å². The highest BCUT2D eigenvalue weighted by Crippen LogP contribution is 2.11. The Bertz CT molecular complexity index is 442. The first-order valence-electron chi connectivity index (χ1n) is 6.72. The zero-order chi connectivity index (χ0) is 15.0. The average Bonchev–Trinajstić information content (AvgIpc) is 2.38. The van der Waals surface area contributed by atoms with E-state index < -0.39 is 12.0 Å². The van der Waals surface area contributed by atoms with Gasteiger partial charge in [0.15, 0.2) is 0 Å². The smallest absolute Gasteiger partial charge is 0.321 e.